The summed E-state index contributed by atoms with van der Waals surface area (Å²) < 4.78 is 3.05. The first-order valence-corrected chi connectivity index (χ1v) is 7.68. The molecule has 1 heterocycles. The monoisotopic (exact) mass is 318 g/mol. The molecule has 0 N–H and O–H groups in total. The molecule has 0 unspecified atom stereocenters. The van der Waals surface area contributed by atoms with Crippen molar-refractivity contribution in [1.29, 1.82) is 0 Å². The zero-order chi connectivity index (χ0) is 13.4. The molecule has 4 heteroatoms. The van der Waals surface area contributed by atoms with Gasteiger partial charge in [-0.2, -0.15) is 0 Å². The molecule has 0 radical (unpaired) electrons. The van der Waals surface area contributed by atoms with Crippen molar-refractivity contribution in [2.24, 2.45) is 0 Å². The van der Waals surface area contributed by atoms with Crippen LogP contribution < -0.4 is 10.5 Å². The molecule has 0 fully saturated rings. The normalized spacial score (nSPS) is 10.8. The zero-order valence-corrected chi connectivity index (χ0v) is 12.5. The van der Waals surface area contributed by atoms with E-state index < -0.39 is 0 Å². The van der Waals surface area contributed by atoms with Crippen LogP contribution in [0, 0.1) is 0 Å². The van der Waals surface area contributed by atoms with Gasteiger partial charge in [-0.1, -0.05) is 0 Å². The van der Waals surface area contributed by atoms with Crippen LogP contribution in [0.25, 0.3) is 15.3 Å². The molecule has 0 atom stereocenters. The van der Waals surface area contributed by atoms with Gasteiger partial charge in [0.1, 0.15) is 0 Å². The van der Waals surface area contributed by atoms with E-state index in [1.54, 1.807) is 0 Å². The maximum atomic E-state index is 12.3. The maximum absolute atomic E-state index is 12.3. The van der Waals surface area contributed by atoms with Gasteiger partial charge >= 0.3 is 117 Å². The van der Waals surface area contributed by atoms with Gasteiger partial charge in [-0.25, -0.2) is 0 Å². The molecule has 0 aliphatic heterocycles. The van der Waals surface area contributed by atoms with Crippen molar-refractivity contribution < 1.29 is 0 Å². The summed E-state index contributed by atoms with van der Waals surface area (Å²) in [5, 5.41) is 0.846. The summed E-state index contributed by atoms with van der Waals surface area (Å²) in [6.45, 7) is 0. The van der Waals surface area contributed by atoms with E-state index in [4.69, 9.17) is 0 Å². The van der Waals surface area contributed by atoms with Crippen LogP contribution in [0.1, 0.15) is 0 Å². The predicted octanol–water partition coefficient (Wildman–Crippen LogP) is 2.11. The number of anilines is 1. The van der Waals surface area contributed by atoms with Gasteiger partial charge in [0, 0.05) is 0 Å². The SMILES string of the molecule is CN(C)c1ccc(-n2[se]c3ccccc3c2=O)cc1. The number of aromatic nitrogens is 1. The fraction of sp³-hybridized carbons (Fsp3) is 0.133. The van der Waals surface area contributed by atoms with Crippen molar-refractivity contribution >= 4 is 30.1 Å². The van der Waals surface area contributed by atoms with E-state index in [0.717, 1.165) is 21.0 Å². The van der Waals surface area contributed by atoms with Gasteiger partial charge in [-0.05, 0) is 0 Å². The second kappa shape index (κ2) is 4.72. The summed E-state index contributed by atoms with van der Waals surface area (Å²) in [6, 6.07) is 16.0. The van der Waals surface area contributed by atoms with Crippen molar-refractivity contribution in [2.75, 3.05) is 19.0 Å². The molecule has 96 valence electrons. The van der Waals surface area contributed by atoms with Crippen molar-refractivity contribution in [3.05, 3.63) is 58.9 Å². The summed E-state index contributed by atoms with van der Waals surface area (Å²) in [5.74, 6) is 0. The van der Waals surface area contributed by atoms with Crippen LogP contribution in [0.15, 0.2) is 53.3 Å². The van der Waals surface area contributed by atoms with Crippen LogP contribution in [0.5, 0.6) is 0 Å². The van der Waals surface area contributed by atoms with Gasteiger partial charge in [0.25, 0.3) is 0 Å². The van der Waals surface area contributed by atoms with Crippen LogP contribution in [-0.4, -0.2) is 32.4 Å². The van der Waals surface area contributed by atoms with Crippen molar-refractivity contribution in [3.63, 3.8) is 0 Å². The minimum atomic E-state index is 0.0489. The van der Waals surface area contributed by atoms with E-state index in [2.05, 4.69) is 4.90 Å². The van der Waals surface area contributed by atoms with Crippen molar-refractivity contribution in [1.82, 2.24) is 3.56 Å². The summed E-state index contributed by atoms with van der Waals surface area (Å²) in [5.41, 5.74) is 2.24. The molecule has 3 aromatic rings. The van der Waals surface area contributed by atoms with E-state index in [0.29, 0.717) is 0 Å². The standard InChI is InChI=1S/C15H14N2OSe/c1-16(2)11-7-9-12(10-8-11)17-15(18)13-5-3-4-6-14(13)19-17/h3-10H,1-2H3. The molecule has 19 heavy (non-hydrogen) atoms. The summed E-state index contributed by atoms with van der Waals surface area (Å²) in [4.78, 5) is 14.4. The summed E-state index contributed by atoms with van der Waals surface area (Å²) in [6.07, 6.45) is 0. The van der Waals surface area contributed by atoms with Gasteiger partial charge in [0.05, 0.1) is 0 Å². The van der Waals surface area contributed by atoms with Crippen LogP contribution >= 0.6 is 0 Å². The third-order valence-electron chi connectivity index (χ3n) is 3.09. The first-order valence-electron chi connectivity index (χ1n) is 6.05. The Balaban J connectivity index is 2.14. The second-order valence-electron chi connectivity index (χ2n) is 4.60. The molecule has 2 aromatic carbocycles. The van der Waals surface area contributed by atoms with Gasteiger partial charge in [-0.15, -0.1) is 0 Å². The average Bonchev–Trinajstić information content (AvgIpc) is 2.77. The molecular formula is C15H14N2OSe. The minimum absolute atomic E-state index is 0.0489. The predicted molar refractivity (Wildman–Crippen MR) is 80.8 cm³/mol. The number of hydrogen-bond donors (Lipinski definition) is 0. The average molecular weight is 317 g/mol. The topological polar surface area (TPSA) is 25.2 Å². The Labute approximate surface area is 117 Å². The molecule has 3 rings (SSSR count). The molecule has 0 spiro atoms. The Morgan fingerprint density at radius 1 is 1.00 bits per heavy atom. The van der Waals surface area contributed by atoms with Crippen LogP contribution in [-0.2, 0) is 0 Å². The van der Waals surface area contributed by atoms with E-state index in [9.17, 15) is 4.79 Å². The van der Waals surface area contributed by atoms with Crippen LogP contribution in [0.2, 0.25) is 0 Å². The van der Waals surface area contributed by atoms with Gasteiger partial charge in [0.2, 0.25) is 0 Å². The van der Waals surface area contributed by atoms with Crippen molar-refractivity contribution in [3.8, 4) is 5.69 Å². The van der Waals surface area contributed by atoms with Gasteiger partial charge in [0.15, 0.2) is 0 Å². The second-order valence-corrected chi connectivity index (χ2v) is 6.67. The third-order valence-corrected chi connectivity index (χ3v) is 5.43. The van der Waals surface area contributed by atoms with E-state index in [1.165, 1.54) is 0 Å². The first kappa shape index (κ1) is 12.3. The number of nitrogens with zero attached hydrogens (tertiary/aromatic N) is 2. The van der Waals surface area contributed by atoms with E-state index in [1.807, 2.05) is 66.2 Å². The third kappa shape index (κ3) is 2.14. The van der Waals surface area contributed by atoms with Crippen LogP contribution in [0.3, 0.4) is 0 Å². The zero-order valence-electron chi connectivity index (χ0n) is 10.8. The number of hydrogen-bond acceptors (Lipinski definition) is 2. The molecule has 1 aromatic heterocycles. The first-order chi connectivity index (χ1) is 9.16. The Hall–Kier alpha value is -1.77. The van der Waals surface area contributed by atoms with E-state index >= 15 is 0 Å². The summed E-state index contributed by atoms with van der Waals surface area (Å²) in [7, 11) is 4.02. The summed E-state index contributed by atoms with van der Waals surface area (Å²) >= 11 is 0.0489. The molecule has 0 aliphatic rings. The van der Waals surface area contributed by atoms with Crippen molar-refractivity contribution in [2.45, 2.75) is 0 Å². The van der Waals surface area contributed by atoms with Gasteiger partial charge in [-0.3, -0.25) is 0 Å². The molecule has 0 amide bonds. The molecule has 0 bridgehead atoms. The molecule has 3 nitrogen and oxygen atoms in total. The molecular weight excluding hydrogens is 303 g/mol. The molecule has 0 aliphatic carbocycles. The Morgan fingerprint density at radius 3 is 2.32 bits per heavy atom. The Morgan fingerprint density at radius 2 is 1.68 bits per heavy atom. The fourth-order valence-electron chi connectivity index (χ4n) is 2.03. The number of rotatable bonds is 2. The number of benzene rings is 2. The molecule has 0 saturated carbocycles. The van der Waals surface area contributed by atoms with Gasteiger partial charge < -0.3 is 0 Å². The number of fused-ring (bicyclic) bond motifs is 1. The Bertz CT molecular complexity index is 769. The fourth-order valence-corrected chi connectivity index (χ4v) is 4.12. The quantitative estimate of drug-likeness (QED) is 0.677. The van der Waals surface area contributed by atoms with E-state index in [-0.39, 0.29) is 20.3 Å². The van der Waals surface area contributed by atoms with Crippen LogP contribution in [0.4, 0.5) is 5.69 Å². The molecule has 0 saturated heterocycles. The Kier molecular flexibility index (Phi) is 3.05.